The summed E-state index contributed by atoms with van der Waals surface area (Å²) >= 11 is 0. The van der Waals surface area contributed by atoms with Gasteiger partial charge in [-0.05, 0) is 62.4 Å². The van der Waals surface area contributed by atoms with Crippen LogP contribution in [-0.2, 0) is 4.79 Å². The lowest BCUT2D eigenvalue weighted by Crippen LogP contribution is -2.21. The van der Waals surface area contributed by atoms with Crippen molar-refractivity contribution >= 4 is 39.7 Å². The van der Waals surface area contributed by atoms with Crippen LogP contribution >= 0.6 is 0 Å². The SMILES string of the molecule is Cc1cc(Nc2ccccc2)nc2cc(-c3cn4c(C5CCC(C(=O)O)CC5)ncc4c(N)n3)ccc12. The minimum atomic E-state index is -0.704. The van der Waals surface area contributed by atoms with Crippen molar-refractivity contribution in [2.24, 2.45) is 5.92 Å². The number of para-hydroxylation sites is 1. The third-order valence-electron chi connectivity index (χ3n) is 7.38. The molecule has 0 bridgehead atoms. The average Bonchev–Trinajstić information content (AvgIpc) is 3.34. The van der Waals surface area contributed by atoms with Crippen molar-refractivity contribution in [3.05, 3.63) is 78.4 Å². The quantitative estimate of drug-likeness (QED) is 0.278. The molecule has 3 aromatic heterocycles. The van der Waals surface area contributed by atoms with E-state index in [0.29, 0.717) is 18.7 Å². The number of benzene rings is 2. The van der Waals surface area contributed by atoms with Crippen LogP contribution in [0.5, 0.6) is 0 Å². The monoisotopic (exact) mass is 492 g/mol. The Hall–Kier alpha value is -4.46. The maximum Gasteiger partial charge on any atom is 0.306 e. The summed E-state index contributed by atoms with van der Waals surface area (Å²) < 4.78 is 2.03. The fourth-order valence-corrected chi connectivity index (χ4v) is 5.37. The number of aliphatic carboxylic acids is 1. The summed E-state index contributed by atoms with van der Waals surface area (Å²) in [5, 5.41) is 13.8. The molecule has 8 nitrogen and oxygen atoms in total. The number of pyridine rings is 1. The minimum absolute atomic E-state index is 0.195. The predicted octanol–water partition coefficient (Wildman–Crippen LogP) is 5.94. The lowest BCUT2D eigenvalue weighted by molar-refractivity contribution is -0.142. The zero-order valence-electron chi connectivity index (χ0n) is 20.6. The van der Waals surface area contributed by atoms with Gasteiger partial charge in [-0.15, -0.1) is 0 Å². The summed E-state index contributed by atoms with van der Waals surface area (Å²) in [5.41, 5.74) is 11.8. The van der Waals surface area contributed by atoms with Gasteiger partial charge in [-0.1, -0.05) is 30.3 Å². The van der Waals surface area contributed by atoms with E-state index in [-0.39, 0.29) is 11.8 Å². The van der Waals surface area contributed by atoms with E-state index in [0.717, 1.165) is 63.4 Å². The minimum Gasteiger partial charge on any atom is -0.481 e. The number of aryl methyl sites for hydroxylation is 1. The molecule has 2 aromatic carbocycles. The van der Waals surface area contributed by atoms with Crippen LogP contribution in [0.4, 0.5) is 17.3 Å². The van der Waals surface area contributed by atoms with E-state index >= 15 is 0 Å². The van der Waals surface area contributed by atoms with Gasteiger partial charge < -0.3 is 16.2 Å². The van der Waals surface area contributed by atoms with E-state index in [1.165, 1.54) is 0 Å². The third kappa shape index (κ3) is 4.35. The fraction of sp³-hybridized carbons (Fsp3) is 0.241. The Kier molecular flexibility index (Phi) is 5.71. The molecule has 1 aliphatic carbocycles. The van der Waals surface area contributed by atoms with Gasteiger partial charge in [0.15, 0.2) is 0 Å². The number of nitrogens with one attached hydrogen (secondary N) is 1. The van der Waals surface area contributed by atoms with Crippen LogP contribution in [0.15, 0.2) is 67.0 Å². The van der Waals surface area contributed by atoms with Crippen LogP contribution < -0.4 is 11.1 Å². The first-order chi connectivity index (χ1) is 18.0. The van der Waals surface area contributed by atoms with Gasteiger partial charge in [0, 0.05) is 28.8 Å². The van der Waals surface area contributed by atoms with Gasteiger partial charge in [-0.25, -0.2) is 15.0 Å². The third-order valence-corrected chi connectivity index (χ3v) is 7.38. The van der Waals surface area contributed by atoms with Crippen molar-refractivity contribution in [3.8, 4) is 11.3 Å². The van der Waals surface area contributed by atoms with Crippen LogP contribution in [0.25, 0.3) is 27.7 Å². The van der Waals surface area contributed by atoms with Gasteiger partial charge in [0.05, 0.1) is 23.3 Å². The summed E-state index contributed by atoms with van der Waals surface area (Å²) in [4.78, 5) is 25.6. The largest absolute Gasteiger partial charge is 0.481 e. The first kappa shape index (κ1) is 23.0. The summed E-state index contributed by atoms with van der Waals surface area (Å²) in [6.07, 6.45) is 6.66. The van der Waals surface area contributed by atoms with Crippen molar-refractivity contribution < 1.29 is 9.90 Å². The molecular formula is C29H28N6O2. The fourth-order valence-electron chi connectivity index (χ4n) is 5.37. The lowest BCUT2D eigenvalue weighted by atomic mass is 9.81. The number of nitrogens with zero attached hydrogens (tertiary/aromatic N) is 4. The van der Waals surface area contributed by atoms with Gasteiger partial charge in [-0.3, -0.25) is 9.20 Å². The average molecular weight is 493 g/mol. The van der Waals surface area contributed by atoms with Crippen molar-refractivity contribution in [1.82, 2.24) is 19.4 Å². The van der Waals surface area contributed by atoms with Gasteiger partial charge in [0.1, 0.15) is 23.0 Å². The highest BCUT2D eigenvalue weighted by atomic mass is 16.4. The summed E-state index contributed by atoms with van der Waals surface area (Å²) in [6.45, 7) is 2.08. The van der Waals surface area contributed by atoms with E-state index in [4.69, 9.17) is 10.7 Å². The molecule has 0 spiro atoms. The Morgan fingerprint density at radius 2 is 1.84 bits per heavy atom. The summed E-state index contributed by atoms with van der Waals surface area (Å²) in [7, 11) is 0. The number of anilines is 3. The Labute approximate surface area is 214 Å². The highest BCUT2D eigenvalue weighted by molar-refractivity contribution is 5.88. The molecule has 4 N–H and O–H groups in total. The highest BCUT2D eigenvalue weighted by Crippen LogP contribution is 2.36. The highest BCUT2D eigenvalue weighted by Gasteiger charge is 2.29. The number of aromatic nitrogens is 4. The zero-order valence-corrected chi connectivity index (χ0v) is 20.6. The maximum absolute atomic E-state index is 11.4. The predicted molar refractivity (Wildman–Crippen MR) is 145 cm³/mol. The Bertz CT molecular complexity index is 1620. The zero-order chi connectivity index (χ0) is 25.5. The molecular weight excluding hydrogens is 464 g/mol. The summed E-state index contributed by atoms with van der Waals surface area (Å²) in [5.74, 6) is 1.34. The van der Waals surface area contributed by atoms with Crippen LogP contribution in [-0.4, -0.2) is 30.4 Å². The van der Waals surface area contributed by atoms with Crippen molar-refractivity contribution in [2.45, 2.75) is 38.5 Å². The molecule has 0 radical (unpaired) electrons. The molecule has 0 saturated heterocycles. The smallest absolute Gasteiger partial charge is 0.306 e. The molecule has 0 atom stereocenters. The van der Waals surface area contributed by atoms with Gasteiger partial charge in [0.25, 0.3) is 0 Å². The molecule has 5 aromatic rings. The molecule has 0 aliphatic heterocycles. The molecule has 3 heterocycles. The van der Waals surface area contributed by atoms with Gasteiger partial charge in [0.2, 0.25) is 0 Å². The Morgan fingerprint density at radius 3 is 2.59 bits per heavy atom. The molecule has 37 heavy (non-hydrogen) atoms. The topological polar surface area (TPSA) is 118 Å². The molecule has 6 rings (SSSR count). The molecule has 1 aliphatic rings. The van der Waals surface area contributed by atoms with E-state index in [2.05, 4.69) is 28.3 Å². The second-order valence-corrected chi connectivity index (χ2v) is 9.82. The second-order valence-electron chi connectivity index (χ2n) is 9.82. The van der Waals surface area contributed by atoms with Crippen LogP contribution in [0.3, 0.4) is 0 Å². The number of imidazole rings is 1. The molecule has 0 amide bonds. The number of nitrogens with two attached hydrogens (primary N) is 1. The number of carboxylic acid groups (broad SMARTS) is 1. The number of hydrogen-bond acceptors (Lipinski definition) is 6. The first-order valence-corrected chi connectivity index (χ1v) is 12.6. The van der Waals surface area contributed by atoms with Gasteiger partial charge in [-0.2, -0.15) is 0 Å². The first-order valence-electron chi connectivity index (χ1n) is 12.6. The Morgan fingerprint density at radius 1 is 1.05 bits per heavy atom. The second kappa shape index (κ2) is 9.20. The van der Waals surface area contributed by atoms with Crippen molar-refractivity contribution in [1.29, 1.82) is 0 Å². The number of carboxylic acids is 1. The standard InChI is InChI=1S/C29H28N6O2/c1-17-13-26(32-21-5-3-2-4-6-21)33-23-14-20(11-12-22(17)23)24-16-35-25(27(30)34-24)15-31-28(35)18-7-9-19(10-8-18)29(36)37/h2-6,11-16,18-19H,7-10H2,1H3,(H2,30,34)(H,32,33)(H,36,37). The Balaban J connectivity index is 1.36. The van der Waals surface area contributed by atoms with E-state index in [9.17, 15) is 9.90 Å². The number of nitrogen functional groups attached to an aromatic ring is 1. The number of rotatable bonds is 5. The van der Waals surface area contributed by atoms with E-state index < -0.39 is 5.97 Å². The van der Waals surface area contributed by atoms with Crippen LogP contribution in [0.1, 0.15) is 43.0 Å². The summed E-state index contributed by atoms with van der Waals surface area (Å²) in [6, 6.07) is 18.2. The number of fused-ring (bicyclic) bond motifs is 2. The van der Waals surface area contributed by atoms with Crippen LogP contribution in [0.2, 0.25) is 0 Å². The maximum atomic E-state index is 11.4. The van der Waals surface area contributed by atoms with Crippen molar-refractivity contribution in [2.75, 3.05) is 11.1 Å². The normalized spacial score (nSPS) is 17.8. The molecule has 1 saturated carbocycles. The van der Waals surface area contributed by atoms with Crippen molar-refractivity contribution in [3.63, 3.8) is 0 Å². The van der Waals surface area contributed by atoms with Crippen LogP contribution in [0, 0.1) is 12.8 Å². The van der Waals surface area contributed by atoms with Gasteiger partial charge >= 0.3 is 5.97 Å². The molecule has 186 valence electrons. The molecule has 0 unspecified atom stereocenters. The number of hydrogen-bond donors (Lipinski definition) is 3. The molecule has 8 heteroatoms. The van der Waals surface area contributed by atoms with E-state index in [1.807, 2.05) is 59.1 Å². The number of carbonyl (C=O) groups is 1. The van der Waals surface area contributed by atoms with E-state index in [1.54, 1.807) is 6.20 Å². The molecule has 1 fully saturated rings. The lowest BCUT2D eigenvalue weighted by Gasteiger charge is -2.25.